The van der Waals surface area contributed by atoms with E-state index < -0.39 is 12.1 Å². The molecule has 0 unspecified atom stereocenters. The number of alkyl halides is 3. The molecule has 3 aromatic rings. The van der Waals surface area contributed by atoms with Crippen LogP contribution in [0.4, 0.5) is 18.9 Å². The van der Waals surface area contributed by atoms with Crippen molar-refractivity contribution >= 4 is 44.8 Å². The first-order valence-corrected chi connectivity index (χ1v) is 8.99. The molecule has 0 bridgehead atoms. The number of rotatable bonds is 5. The van der Waals surface area contributed by atoms with Gasteiger partial charge in [0.1, 0.15) is 15.8 Å². The zero-order chi connectivity index (χ0) is 20.0. The molecule has 0 saturated carbocycles. The zero-order valence-corrected chi connectivity index (χ0v) is 15.7. The monoisotopic (exact) mass is 420 g/mol. The van der Waals surface area contributed by atoms with Crippen molar-refractivity contribution in [2.75, 3.05) is 11.9 Å². The summed E-state index contributed by atoms with van der Waals surface area (Å²) in [5, 5.41) is 14.3. The lowest BCUT2D eigenvalue weighted by Gasteiger charge is -2.09. The van der Waals surface area contributed by atoms with Crippen LogP contribution in [0.1, 0.15) is 12.2 Å². The summed E-state index contributed by atoms with van der Waals surface area (Å²) in [6.45, 7) is 3.87. The fraction of sp³-hybridized carbons (Fsp3) is 0.312. The molecule has 0 aliphatic carbocycles. The van der Waals surface area contributed by atoms with Gasteiger partial charge in [-0.2, -0.15) is 13.2 Å². The van der Waals surface area contributed by atoms with Crippen LogP contribution in [0.5, 0.6) is 0 Å². The lowest BCUT2D eigenvalue weighted by molar-refractivity contribution is -0.192. The highest BCUT2D eigenvalue weighted by Gasteiger charge is 2.38. The maximum absolute atomic E-state index is 10.6. The molecule has 0 radical (unpaired) electrons. The van der Waals surface area contributed by atoms with Crippen LogP contribution in [-0.2, 0) is 11.3 Å². The van der Waals surface area contributed by atoms with E-state index in [4.69, 9.17) is 21.5 Å². The SMILES string of the molecule is Cc1nccn1CCCNc1cc(Cl)nc2sccc12.O=C(O)C(F)(F)F. The molecule has 0 aliphatic rings. The largest absolute Gasteiger partial charge is 0.490 e. The molecule has 146 valence electrons. The van der Waals surface area contributed by atoms with Gasteiger partial charge in [-0.15, -0.1) is 11.3 Å². The van der Waals surface area contributed by atoms with Gasteiger partial charge in [0.15, 0.2) is 0 Å². The van der Waals surface area contributed by atoms with E-state index >= 15 is 0 Å². The molecule has 3 rings (SSSR count). The van der Waals surface area contributed by atoms with Crippen LogP contribution in [0, 0.1) is 6.92 Å². The molecular weight excluding hydrogens is 405 g/mol. The Balaban J connectivity index is 0.000000321. The average molecular weight is 421 g/mol. The van der Waals surface area contributed by atoms with Crippen LogP contribution >= 0.6 is 22.9 Å². The lowest BCUT2D eigenvalue weighted by Crippen LogP contribution is -2.21. The van der Waals surface area contributed by atoms with Crippen molar-refractivity contribution in [3.8, 4) is 0 Å². The number of aliphatic carboxylic acids is 1. The molecule has 3 heterocycles. The molecule has 27 heavy (non-hydrogen) atoms. The third-order valence-corrected chi connectivity index (χ3v) is 4.46. The van der Waals surface area contributed by atoms with Gasteiger partial charge in [0.25, 0.3) is 0 Å². The van der Waals surface area contributed by atoms with E-state index in [9.17, 15) is 13.2 Å². The van der Waals surface area contributed by atoms with E-state index in [0.29, 0.717) is 5.15 Å². The molecular formula is C16H16ClF3N4O2S. The van der Waals surface area contributed by atoms with Gasteiger partial charge >= 0.3 is 12.1 Å². The number of nitrogens with one attached hydrogen (secondary N) is 1. The summed E-state index contributed by atoms with van der Waals surface area (Å²) in [5.74, 6) is -1.70. The van der Waals surface area contributed by atoms with Gasteiger partial charge in [0.05, 0.1) is 0 Å². The minimum absolute atomic E-state index is 0.535. The molecule has 3 aromatic heterocycles. The number of pyridine rings is 1. The summed E-state index contributed by atoms with van der Waals surface area (Å²) in [4.78, 5) is 18.4. The molecule has 0 amide bonds. The molecule has 0 aliphatic heterocycles. The molecule has 0 spiro atoms. The minimum Gasteiger partial charge on any atom is -0.475 e. The van der Waals surface area contributed by atoms with Crippen LogP contribution in [0.2, 0.25) is 5.15 Å². The third kappa shape index (κ3) is 6.10. The number of anilines is 1. The zero-order valence-electron chi connectivity index (χ0n) is 14.1. The van der Waals surface area contributed by atoms with Crippen LogP contribution < -0.4 is 5.32 Å². The number of hydrogen-bond acceptors (Lipinski definition) is 5. The van der Waals surface area contributed by atoms with E-state index in [1.54, 1.807) is 11.3 Å². The Bertz CT molecular complexity index is 911. The second kappa shape index (κ2) is 9.05. The van der Waals surface area contributed by atoms with E-state index in [1.165, 1.54) is 0 Å². The summed E-state index contributed by atoms with van der Waals surface area (Å²) in [6.07, 6.45) is -0.210. The average Bonchev–Trinajstić information content (AvgIpc) is 3.20. The number of aromatic nitrogens is 3. The summed E-state index contributed by atoms with van der Waals surface area (Å²) < 4.78 is 33.9. The normalized spacial score (nSPS) is 11.1. The summed E-state index contributed by atoms with van der Waals surface area (Å²) in [7, 11) is 0. The van der Waals surface area contributed by atoms with Crippen LogP contribution in [0.15, 0.2) is 29.9 Å². The highest BCUT2D eigenvalue weighted by Crippen LogP contribution is 2.29. The maximum Gasteiger partial charge on any atom is 0.490 e. The number of imidazole rings is 1. The summed E-state index contributed by atoms with van der Waals surface area (Å²) >= 11 is 7.65. The quantitative estimate of drug-likeness (QED) is 0.466. The lowest BCUT2D eigenvalue weighted by atomic mass is 10.3. The topological polar surface area (TPSA) is 80.0 Å². The van der Waals surface area contributed by atoms with Gasteiger partial charge in [-0.25, -0.2) is 14.8 Å². The first-order valence-electron chi connectivity index (χ1n) is 7.74. The van der Waals surface area contributed by atoms with Crippen molar-refractivity contribution in [2.24, 2.45) is 0 Å². The fourth-order valence-electron chi connectivity index (χ4n) is 2.18. The van der Waals surface area contributed by atoms with Gasteiger partial charge in [-0.1, -0.05) is 11.6 Å². The number of fused-ring (bicyclic) bond motifs is 1. The van der Waals surface area contributed by atoms with Crippen molar-refractivity contribution in [3.05, 3.63) is 40.9 Å². The number of hydrogen-bond donors (Lipinski definition) is 2. The number of aryl methyl sites for hydroxylation is 2. The van der Waals surface area contributed by atoms with Crippen molar-refractivity contribution in [1.29, 1.82) is 0 Å². The van der Waals surface area contributed by atoms with Gasteiger partial charge in [0, 0.05) is 36.6 Å². The Hall–Kier alpha value is -2.33. The highest BCUT2D eigenvalue weighted by atomic mass is 35.5. The smallest absolute Gasteiger partial charge is 0.475 e. The van der Waals surface area contributed by atoms with Crippen LogP contribution in [-0.4, -0.2) is 38.3 Å². The standard InChI is InChI=1S/C14H15ClN4S.C2HF3O2/c1-10-16-5-7-19(10)6-2-4-17-12-9-13(15)18-14-11(12)3-8-20-14;3-2(4,5)1(6)7/h3,5,7-9H,2,4,6H2,1H3,(H,17,18);(H,6,7). The number of carboxylic acids is 1. The van der Waals surface area contributed by atoms with Crippen LogP contribution in [0.25, 0.3) is 10.2 Å². The molecule has 2 N–H and O–H groups in total. The Morgan fingerprint density at radius 2 is 2.15 bits per heavy atom. The van der Waals surface area contributed by atoms with E-state index in [-0.39, 0.29) is 0 Å². The second-order valence-electron chi connectivity index (χ2n) is 5.38. The molecule has 0 aromatic carbocycles. The maximum atomic E-state index is 10.6. The third-order valence-electron chi connectivity index (χ3n) is 3.46. The van der Waals surface area contributed by atoms with Gasteiger partial charge in [0.2, 0.25) is 0 Å². The minimum atomic E-state index is -5.08. The highest BCUT2D eigenvalue weighted by molar-refractivity contribution is 7.16. The number of carbonyl (C=O) groups is 1. The van der Waals surface area contributed by atoms with E-state index in [0.717, 1.165) is 41.2 Å². The summed E-state index contributed by atoms with van der Waals surface area (Å²) in [6, 6.07) is 3.96. The van der Waals surface area contributed by atoms with Crippen molar-refractivity contribution in [3.63, 3.8) is 0 Å². The van der Waals surface area contributed by atoms with E-state index in [1.807, 2.05) is 30.8 Å². The Kier molecular flexibility index (Phi) is 7.03. The number of thiophene rings is 1. The first-order chi connectivity index (χ1) is 12.7. The predicted octanol–water partition coefficient (Wildman–Crippen LogP) is 4.59. The number of carboxylic acid groups (broad SMARTS) is 1. The number of nitrogens with zero attached hydrogens (tertiary/aromatic N) is 3. The van der Waals surface area contributed by atoms with Crippen molar-refractivity contribution in [1.82, 2.24) is 14.5 Å². The van der Waals surface area contributed by atoms with Crippen molar-refractivity contribution in [2.45, 2.75) is 26.1 Å². The number of halogens is 4. The van der Waals surface area contributed by atoms with Gasteiger partial charge in [-0.05, 0) is 30.9 Å². The second-order valence-corrected chi connectivity index (χ2v) is 6.66. The molecule has 11 heteroatoms. The van der Waals surface area contributed by atoms with Crippen LogP contribution in [0.3, 0.4) is 0 Å². The van der Waals surface area contributed by atoms with Crippen molar-refractivity contribution < 1.29 is 23.1 Å². The van der Waals surface area contributed by atoms with Gasteiger partial charge < -0.3 is 15.0 Å². The Morgan fingerprint density at radius 3 is 2.74 bits per heavy atom. The molecule has 0 atom stereocenters. The Morgan fingerprint density at radius 1 is 1.44 bits per heavy atom. The summed E-state index contributed by atoms with van der Waals surface area (Å²) in [5.41, 5.74) is 1.06. The molecule has 0 fully saturated rings. The van der Waals surface area contributed by atoms with Gasteiger partial charge in [-0.3, -0.25) is 0 Å². The predicted molar refractivity (Wildman–Crippen MR) is 98.4 cm³/mol. The Labute approximate surface area is 161 Å². The fourth-order valence-corrected chi connectivity index (χ4v) is 3.21. The molecule has 0 saturated heterocycles. The van der Waals surface area contributed by atoms with E-state index in [2.05, 4.69) is 25.9 Å². The first kappa shape index (κ1) is 21.0. The molecule has 6 nitrogen and oxygen atoms in total.